The van der Waals surface area contributed by atoms with Crippen LogP contribution in [0.15, 0.2) is 24.3 Å². The minimum Gasteiger partial charge on any atom is -0.324 e. The van der Waals surface area contributed by atoms with Crippen molar-refractivity contribution < 1.29 is 4.39 Å². The van der Waals surface area contributed by atoms with Gasteiger partial charge in [0.2, 0.25) is 0 Å². The molecule has 0 fully saturated rings. The summed E-state index contributed by atoms with van der Waals surface area (Å²) in [4.78, 5) is 1.03. The van der Waals surface area contributed by atoms with E-state index >= 15 is 0 Å². The van der Waals surface area contributed by atoms with Crippen molar-refractivity contribution in [1.82, 2.24) is 0 Å². The highest BCUT2D eigenvalue weighted by molar-refractivity contribution is 7.19. The molecule has 2 rings (SSSR count). The average molecular weight is 195 g/mol. The smallest absolute Gasteiger partial charge is 0.140 e. The molecule has 1 heterocycles. The molecule has 0 saturated carbocycles. The molecule has 13 heavy (non-hydrogen) atoms. The number of benzene rings is 1. The van der Waals surface area contributed by atoms with Crippen LogP contribution in [0.1, 0.15) is 17.8 Å². The van der Waals surface area contributed by atoms with Crippen molar-refractivity contribution in [3.63, 3.8) is 0 Å². The molecule has 2 aromatic rings. The van der Waals surface area contributed by atoms with Gasteiger partial charge in [0.1, 0.15) is 5.82 Å². The number of fused-ring (bicyclic) bond motifs is 1. The molecule has 0 radical (unpaired) electrons. The minimum absolute atomic E-state index is 0.0169. The lowest BCUT2D eigenvalue weighted by atomic mass is 10.2. The van der Waals surface area contributed by atoms with Crippen LogP contribution in [0.25, 0.3) is 10.1 Å². The third-order valence-electron chi connectivity index (χ3n) is 1.96. The maximum Gasteiger partial charge on any atom is 0.140 e. The molecule has 0 aliphatic heterocycles. The van der Waals surface area contributed by atoms with Crippen LogP contribution in [-0.4, -0.2) is 0 Å². The predicted molar refractivity (Wildman–Crippen MR) is 54.4 cm³/mol. The van der Waals surface area contributed by atoms with Gasteiger partial charge in [-0.05, 0) is 24.4 Å². The van der Waals surface area contributed by atoms with E-state index in [9.17, 15) is 4.39 Å². The van der Waals surface area contributed by atoms with Gasteiger partial charge in [-0.15, -0.1) is 11.3 Å². The van der Waals surface area contributed by atoms with Crippen LogP contribution >= 0.6 is 11.3 Å². The predicted octanol–water partition coefficient (Wildman–Crippen LogP) is 3.06. The fraction of sp³-hybridized carbons (Fsp3) is 0.200. The van der Waals surface area contributed by atoms with E-state index in [1.165, 1.54) is 17.4 Å². The van der Waals surface area contributed by atoms with E-state index in [-0.39, 0.29) is 11.9 Å². The molecule has 3 heteroatoms. The van der Waals surface area contributed by atoms with Gasteiger partial charge in [0.15, 0.2) is 0 Å². The Kier molecular flexibility index (Phi) is 2.06. The Hall–Kier alpha value is -0.930. The van der Waals surface area contributed by atoms with E-state index in [1.807, 2.05) is 19.1 Å². The lowest BCUT2D eigenvalue weighted by Gasteiger charge is -1.96. The van der Waals surface area contributed by atoms with Crippen molar-refractivity contribution in [1.29, 1.82) is 0 Å². The molecule has 1 atom stereocenters. The van der Waals surface area contributed by atoms with Gasteiger partial charge in [0, 0.05) is 10.9 Å². The standard InChI is InChI=1S/C10H10FNS/c1-6(12)9-5-7-3-2-4-8(11)10(7)13-9/h2-6H,12H2,1H3. The first-order valence-corrected chi connectivity index (χ1v) is 4.93. The van der Waals surface area contributed by atoms with Crippen molar-refractivity contribution >= 4 is 21.4 Å². The minimum atomic E-state index is -0.158. The lowest BCUT2D eigenvalue weighted by molar-refractivity contribution is 0.642. The fourth-order valence-corrected chi connectivity index (χ4v) is 2.29. The average Bonchev–Trinajstić information content (AvgIpc) is 2.49. The molecule has 0 spiro atoms. The van der Waals surface area contributed by atoms with Crippen LogP contribution in [0.5, 0.6) is 0 Å². The molecule has 1 unspecified atom stereocenters. The highest BCUT2D eigenvalue weighted by Gasteiger charge is 2.07. The normalized spacial score (nSPS) is 13.5. The van der Waals surface area contributed by atoms with E-state index in [0.29, 0.717) is 4.70 Å². The zero-order valence-corrected chi connectivity index (χ0v) is 8.07. The molecule has 1 nitrogen and oxygen atoms in total. The van der Waals surface area contributed by atoms with Crippen LogP contribution in [0, 0.1) is 5.82 Å². The molecule has 0 aliphatic rings. The lowest BCUT2D eigenvalue weighted by Crippen LogP contribution is -2.01. The zero-order chi connectivity index (χ0) is 9.42. The Morgan fingerprint density at radius 3 is 2.85 bits per heavy atom. The van der Waals surface area contributed by atoms with Crippen LogP contribution in [0.2, 0.25) is 0 Å². The fourth-order valence-electron chi connectivity index (χ4n) is 1.27. The summed E-state index contributed by atoms with van der Waals surface area (Å²) in [6.45, 7) is 1.91. The second kappa shape index (κ2) is 3.09. The monoisotopic (exact) mass is 195 g/mol. The highest BCUT2D eigenvalue weighted by atomic mass is 32.1. The summed E-state index contributed by atoms with van der Waals surface area (Å²) in [6.07, 6.45) is 0. The van der Waals surface area contributed by atoms with Crippen molar-refractivity contribution in [3.8, 4) is 0 Å². The molecular formula is C10H10FNS. The second-order valence-electron chi connectivity index (χ2n) is 3.10. The van der Waals surface area contributed by atoms with Crippen LogP contribution < -0.4 is 5.73 Å². The third-order valence-corrected chi connectivity index (χ3v) is 3.32. The first kappa shape index (κ1) is 8.66. The summed E-state index contributed by atoms with van der Waals surface area (Å²) in [6, 6.07) is 7.03. The van der Waals surface area contributed by atoms with E-state index in [1.54, 1.807) is 6.07 Å². The molecule has 0 bridgehead atoms. The number of nitrogens with two attached hydrogens (primary N) is 1. The van der Waals surface area contributed by atoms with Gasteiger partial charge in [0.05, 0.1) is 4.70 Å². The molecule has 1 aromatic heterocycles. The van der Waals surface area contributed by atoms with E-state index < -0.39 is 0 Å². The van der Waals surface area contributed by atoms with Gasteiger partial charge in [-0.1, -0.05) is 12.1 Å². The van der Waals surface area contributed by atoms with Gasteiger partial charge in [-0.25, -0.2) is 4.39 Å². The maximum absolute atomic E-state index is 13.2. The zero-order valence-electron chi connectivity index (χ0n) is 7.25. The summed E-state index contributed by atoms with van der Waals surface area (Å²) in [5.41, 5.74) is 5.72. The van der Waals surface area contributed by atoms with E-state index in [2.05, 4.69) is 0 Å². The van der Waals surface area contributed by atoms with Crippen molar-refractivity contribution in [3.05, 3.63) is 35.0 Å². The molecule has 1 aromatic carbocycles. The van der Waals surface area contributed by atoms with Crippen LogP contribution in [-0.2, 0) is 0 Å². The van der Waals surface area contributed by atoms with Gasteiger partial charge in [-0.3, -0.25) is 0 Å². The largest absolute Gasteiger partial charge is 0.324 e. The molecule has 0 amide bonds. The number of hydrogen-bond acceptors (Lipinski definition) is 2. The van der Waals surface area contributed by atoms with Crippen LogP contribution in [0.4, 0.5) is 4.39 Å². The van der Waals surface area contributed by atoms with E-state index in [4.69, 9.17) is 5.73 Å². The van der Waals surface area contributed by atoms with E-state index in [0.717, 1.165) is 10.3 Å². The quantitative estimate of drug-likeness (QED) is 0.743. The number of hydrogen-bond donors (Lipinski definition) is 1. The van der Waals surface area contributed by atoms with Gasteiger partial charge < -0.3 is 5.73 Å². The summed E-state index contributed by atoms with van der Waals surface area (Å²) in [5, 5.41) is 0.942. The molecule has 0 aliphatic carbocycles. The van der Waals surface area contributed by atoms with Crippen molar-refractivity contribution in [2.45, 2.75) is 13.0 Å². The Balaban J connectivity index is 2.68. The topological polar surface area (TPSA) is 26.0 Å². The first-order chi connectivity index (χ1) is 6.18. The SMILES string of the molecule is CC(N)c1cc2cccc(F)c2s1. The Bertz CT molecular complexity index is 433. The molecule has 0 saturated heterocycles. The summed E-state index contributed by atoms with van der Waals surface area (Å²) < 4.78 is 13.9. The second-order valence-corrected chi connectivity index (χ2v) is 4.18. The maximum atomic E-state index is 13.2. The summed E-state index contributed by atoms with van der Waals surface area (Å²) in [7, 11) is 0. The first-order valence-electron chi connectivity index (χ1n) is 4.12. The van der Waals surface area contributed by atoms with Gasteiger partial charge >= 0.3 is 0 Å². The third kappa shape index (κ3) is 1.45. The Morgan fingerprint density at radius 2 is 2.23 bits per heavy atom. The van der Waals surface area contributed by atoms with Crippen molar-refractivity contribution in [2.24, 2.45) is 5.73 Å². The van der Waals surface area contributed by atoms with Gasteiger partial charge in [0.25, 0.3) is 0 Å². The summed E-state index contributed by atoms with van der Waals surface area (Å²) in [5.74, 6) is -0.158. The number of rotatable bonds is 1. The molecule has 2 N–H and O–H groups in total. The number of halogens is 1. The Morgan fingerprint density at radius 1 is 1.46 bits per heavy atom. The van der Waals surface area contributed by atoms with Crippen LogP contribution in [0.3, 0.4) is 0 Å². The van der Waals surface area contributed by atoms with Crippen molar-refractivity contribution in [2.75, 3.05) is 0 Å². The molecule has 68 valence electrons. The number of thiophene rings is 1. The van der Waals surface area contributed by atoms with Gasteiger partial charge in [-0.2, -0.15) is 0 Å². The highest BCUT2D eigenvalue weighted by Crippen LogP contribution is 2.30. The molecular weight excluding hydrogens is 185 g/mol. The summed E-state index contributed by atoms with van der Waals surface area (Å²) >= 11 is 1.43. The Labute approximate surface area is 80.0 Å².